The number of halogens is 3. The van der Waals surface area contributed by atoms with Gasteiger partial charge in [-0.3, -0.25) is 9.59 Å². The molecule has 4 rings (SSSR count). The molecule has 0 bridgehead atoms. The number of nitrogens with one attached hydrogen (secondary N) is 1. The van der Waals surface area contributed by atoms with E-state index < -0.39 is 5.82 Å². The molecule has 0 aliphatic heterocycles. The minimum atomic E-state index is -0.447. The molecule has 0 aliphatic rings. The van der Waals surface area contributed by atoms with Crippen LogP contribution in [-0.4, -0.2) is 20.1 Å². The molecule has 0 aliphatic carbocycles. The quantitative estimate of drug-likeness (QED) is 0.494. The van der Waals surface area contributed by atoms with Crippen molar-refractivity contribution >= 4 is 23.0 Å². The first-order chi connectivity index (χ1) is 14.9. The topological polar surface area (TPSA) is 68.4 Å². The fourth-order valence-corrected chi connectivity index (χ4v) is 3.37. The van der Waals surface area contributed by atoms with Crippen LogP contribution in [0.3, 0.4) is 0 Å². The van der Waals surface area contributed by atoms with Crippen LogP contribution in [-0.2, 0) is 17.9 Å². The lowest BCUT2D eigenvalue weighted by Gasteiger charge is -2.08. The predicted molar refractivity (Wildman–Crippen MR) is 113 cm³/mol. The van der Waals surface area contributed by atoms with E-state index in [1.54, 1.807) is 30.6 Å². The number of carbonyl (C=O) groups is 1. The molecule has 2 heterocycles. The maximum absolute atomic E-state index is 13.1. The van der Waals surface area contributed by atoms with Gasteiger partial charge in [-0.2, -0.15) is 5.10 Å². The molecule has 6 nitrogen and oxygen atoms in total. The van der Waals surface area contributed by atoms with Crippen molar-refractivity contribution in [3.8, 4) is 11.3 Å². The van der Waals surface area contributed by atoms with Gasteiger partial charge in [-0.05, 0) is 48.0 Å². The number of hydrogen-bond donors (Lipinski definition) is 1. The van der Waals surface area contributed by atoms with Gasteiger partial charge >= 0.3 is 0 Å². The highest BCUT2D eigenvalue weighted by atomic mass is 35.5. The standard InChI is InChI=1S/C22H17ClF2N4O2/c23-18-11-17(25)6-3-15(18)13-26-21(30)7-8-28-9-10-29-20(22(28)31)12-19(27-29)14-1-4-16(24)5-2-14/h1-6,9-12H,7-8,13H2,(H,26,30). The average Bonchev–Trinajstić information content (AvgIpc) is 3.18. The highest BCUT2D eigenvalue weighted by molar-refractivity contribution is 6.31. The van der Waals surface area contributed by atoms with Crippen LogP contribution in [0.1, 0.15) is 12.0 Å². The molecular weight excluding hydrogens is 426 g/mol. The first kappa shape index (κ1) is 20.7. The SMILES string of the molecule is O=C(CCn1ccn2nc(-c3ccc(F)cc3)cc2c1=O)NCc1ccc(F)cc1Cl. The Bertz CT molecular complexity index is 1320. The number of fused-ring (bicyclic) bond motifs is 1. The van der Waals surface area contributed by atoms with Crippen LogP contribution in [0.25, 0.3) is 16.8 Å². The summed E-state index contributed by atoms with van der Waals surface area (Å²) >= 11 is 5.95. The summed E-state index contributed by atoms with van der Waals surface area (Å²) in [5.41, 5.74) is 1.89. The third-order valence-electron chi connectivity index (χ3n) is 4.81. The van der Waals surface area contributed by atoms with Gasteiger partial charge in [-0.15, -0.1) is 0 Å². The molecule has 0 spiro atoms. The molecule has 158 valence electrons. The molecule has 1 N–H and O–H groups in total. The van der Waals surface area contributed by atoms with E-state index in [9.17, 15) is 18.4 Å². The van der Waals surface area contributed by atoms with E-state index in [0.717, 1.165) is 0 Å². The second-order valence-electron chi connectivity index (χ2n) is 6.93. The van der Waals surface area contributed by atoms with E-state index >= 15 is 0 Å². The number of benzene rings is 2. The fraction of sp³-hybridized carbons (Fsp3) is 0.136. The monoisotopic (exact) mass is 442 g/mol. The zero-order chi connectivity index (χ0) is 22.0. The van der Waals surface area contributed by atoms with E-state index in [1.165, 1.54) is 39.4 Å². The zero-order valence-electron chi connectivity index (χ0n) is 16.2. The molecule has 2 aromatic heterocycles. The Morgan fingerprint density at radius 2 is 1.77 bits per heavy atom. The lowest BCUT2D eigenvalue weighted by atomic mass is 10.1. The first-order valence-corrected chi connectivity index (χ1v) is 9.84. The van der Waals surface area contributed by atoms with Crippen LogP contribution < -0.4 is 10.9 Å². The lowest BCUT2D eigenvalue weighted by molar-refractivity contribution is -0.121. The van der Waals surface area contributed by atoms with Gasteiger partial charge in [0.1, 0.15) is 17.2 Å². The number of carbonyl (C=O) groups excluding carboxylic acids is 1. The van der Waals surface area contributed by atoms with Crippen molar-refractivity contribution in [2.75, 3.05) is 0 Å². The van der Waals surface area contributed by atoms with Crippen molar-refractivity contribution < 1.29 is 13.6 Å². The minimum Gasteiger partial charge on any atom is -0.352 e. The Kier molecular flexibility index (Phi) is 5.81. The maximum Gasteiger partial charge on any atom is 0.276 e. The molecular formula is C22H17ClF2N4O2. The summed E-state index contributed by atoms with van der Waals surface area (Å²) in [6.07, 6.45) is 3.26. The van der Waals surface area contributed by atoms with Crippen LogP contribution in [0.5, 0.6) is 0 Å². The lowest BCUT2D eigenvalue weighted by Crippen LogP contribution is -2.27. The summed E-state index contributed by atoms with van der Waals surface area (Å²) in [4.78, 5) is 24.9. The van der Waals surface area contributed by atoms with Crippen molar-refractivity contribution in [3.63, 3.8) is 0 Å². The predicted octanol–water partition coefficient (Wildman–Crippen LogP) is 3.80. The van der Waals surface area contributed by atoms with Gasteiger partial charge in [0.25, 0.3) is 5.56 Å². The number of rotatable bonds is 6. The fourth-order valence-electron chi connectivity index (χ4n) is 3.13. The molecule has 0 atom stereocenters. The van der Waals surface area contributed by atoms with Gasteiger partial charge in [0.2, 0.25) is 5.91 Å². The van der Waals surface area contributed by atoms with E-state index in [2.05, 4.69) is 10.4 Å². The number of aryl methyl sites for hydroxylation is 1. The Hall–Kier alpha value is -3.52. The largest absolute Gasteiger partial charge is 0.352 e. The summed E-state index contributed by atoms with van der Waals surface area (Å²) in [6.45, 7) is 0.338. The van der Waals surface area contributed by atoms with Gasteiger partial charge < -0.3 is 9.88 Å². The van der Waals surface area contributed by atoms with Crippen molar-refractivity contribution in [1.82, 2.24) is 19.5 Å². The minimum absolute atomic E-state index is 0.0772. The molecule has 0 radical (unpaired) electrons. The number of nitrogens with zero attached hydrogens (tertiary/aromatic N) is 3. The molecule has 2 aromatic carbocycles. The Morgan fingerprint density at radius 1 is 1.03 bits per heavy atom. The summed E-state index contributed by atoms with van der Waals surface area (Å²) in [5.74, 6) is -1.07. The summed E-state index contributed by atoms with van der Waals surface area (Å²) < 4.78 is 29.1. The molecule has 4 aromatic rings. The van der Waals surface area contributed by atoms with Crippen LogP contribution in [0, 0.1) is 11.6 Å². The van der Waals surface area contributed by atoms with Crippen LogP contribution in [0.15, 0.2) is 65.7 Å². The molecule has 0 unspecified atom stereocenters. The van der Waals surface area contributed by atoms with Crippen LogP contribution in [0.2, 0.25) is 5.02 Å². The smallest absolute Gasteiger partial charge is 0.276 e. The van der Waals surface area contributed by atoms with Gasteiger partial charge in [-0.25, -0.2) is 13.3 Å². The Labute approximate surface area is 180 Å². The first-order valence-electron chi connectivity index (χ1n) is 9.46. The number of aromatic nitrogens is 3. The zero-order valence-corrected chi connectivity index (χ0v) is 16.9. The molecule has 0 saturated carbocycles. The van der Waals surface area contributed by atoms with Crippen molar-refractivity contribution in [2.24, 2.45) is 0 Å². The molecule has 31 heavy (non-hydrogen) atoms. The second kappa shape index (κ2) is 8.69. The van der Waals surface area contributed by atoms with Gasteiger partial charge in [-0.1, -0.05) is 17.7 Å². The third kappa shape index (κ3) is 4.64. The van der Waals surface area contributed by atoms with E-state index in [1.807, 2.05) is 0 Å². The second-order valence-corrected chi connectivity index (χ2v) is 7.33. The molecule has 9 heteroatoms. The van der Waals surface area contributed by atoms with Crippen molar-refractivity contribution in [2.45, 2.75) is 19.5 Å². The average molecular weight is 443 g/mol. The Morgan fingerprint density at radius 3 is 2.52 bits per heavy atom. The van der Waals surface area contributed by atoms with Crippen LogP contribution in [0.4, 0.5) is 8.78 Å². The summed E-state index contributed by atoms with van der Waals surface area (Å²) in [7, 11) is 0. The van der Waals surface area contributed by atoms with Crippen molar-refractivity contribution in [3.05, 3.63) is 93.5 Å². The normalized spacial score (nSPS) is 11.1. The maximum atomic E-state index is 13.1. The highest BCUT2D eigenvalue weighted by Crippen LogP contribution is 2.19. The van der Waals surface area contributed by atoms with Gasteiger partial charge in [0.05, 0.1) is 5.69 Å². The Balaban J connectivity index is 1.43. The third-order valence-corrected chi connectivity index (χ3v) is 5.17. The molecule has 0 fully saturated rings. The number of amides is 1. The summed E-state index contributed by atoms with van der Waals surface area (Å²) in [5, 5.41) is 7.29. The number of hydrogen-bond acceptors (Lipinski definition) is 3. The van der Waals surface area contributed by atoms with E-state index in [0.29, 0.717) is 22.3 Å². The highest BCUT2D eigenvalue weighted by Gasteiger charge is 2.11. The molecule has 1 amide bonds. The molecule has 0 saturated heterocycles. The van der Waals surface area contributed by atoms with E-state index in [-0.39, 0.29) is 41.8 Å². The van der Waals surface area contributed by atoms with Crippen LogP contribution >= 0.6 is 11.6 Å². The van der Waals surface area contributed by atoms with E-state index in [4.69, 9.17) is 11.6 Å². The summed E-state index contributed by atoms with van der Waals surface area (Å²) in [6, 6.07) is 11.4. The van der Waals surface area contributed by atoms with Gasteiger partial charge in [0.15, 0.2) is 0 Å². The van der Waals surface area contributed by atoms with Crippen molar-refractivity contribution in [1.29, 1.82) is 0 Å². The van der Waals surface area contributed by atoms with Gasteiger partial charge in [0, 0.05) is 42.5 Å².